The van der Waals surface area contributed by atoms with E-state index in [4.69, 9.17) is 4.74 Å². The highest BCUT2D eigenvalue weighted by Gasteiger charge is 2.26. The van der Waals surface area contributed by atoms with Gasteiger partial charge in [-0.15, -0.1) is 12.4 Å². The van der Waals surface area contributed by atoms with Crippen molar-refractivity contribution in [1.82, 2.24) is 10.6 Å². The van der Waals surface area contributed by atoms with Gasteiger partial charge in [0.2, 0.25) is 5.91 Å². The Labute approximate surface area is 149 Å². The number of ether oxygens (including phenoxy) is 1. The van der Waals surface area contributed by atoms with E-state index in [0.29, 0.717) is 18.9 Å². The number of halogens is 1. The smallest absolute Gasteiger partial charge is 0.305 e. The number of nitrogens with one attached hydrogen (secondary N) is 2. The Kier molecular flexibility index (Phi) is 8.79. The van der Waals surface area contributed by atoms with E-state index in [2.05, 4.69) is 17.6 Å². The van der Waals surface area contributed by atoms with Gasteiger partial charge in [0.15, 0.2) is 0 Å². The van der Waals surface area contributed by atoms with Crippen LogP contribution in [0.1, 0.15) is 44.2 Å². The van der Waals surface area contributed by atoms with Gasteiger partial charge in [-0.2, -0.15) is 0 Å². The van der Waals surface area contributed by atoms with E-state index < -0.39 is 0 Å². The van der Waals surface area contributed by atoms with E-state index >= 15 is 0 Å². The predicted octanol–water partition coefficient (Wildman–Crippen LogP) is 2.61. The van der Waals surface area contributed by atoms with Crippen molar-refractivity contribution in [2.45, 2.75) is 44.7 Å². The first-order valence-electron chi connectivity index (χ1n) is 8.25. The van der Waals surface area contributed by atoms with Crippen molar-refractivity contribution in [2.75, 3.05) is 13.7 Å². The van der Waals surface area contributed by atoms with Crippen LogP contribution in [0.5, 0.6) is 0 Å². The minimum absolute atomic E-state index is 0. The van der Waals surface area contributed by atoms with Crippen LogP contribution in [-0.2, 0) is 14.3 Å². The zero-order valence-corrected chi connectivity index (χ0v) is 15.1. The van der Waals surface area contributed by atoms with Crippen LogP contribution in [0.3, 0.4) is 0 Å². The third-order valence-electron chi connectivity index (χ3n) is 4.38. The quantitative estimate of drug-likeness (QED) is 0.770. The summed E-state index contributed by atoms with van der Waals surface area (Å²) in [4.78, 5) is 24.0. The van der Waals surface area contributed by atoms with E-state index in [1.807, 2.05) is 30.3 Å². The van der Waals surface area contributed by atoms with Gasteiger partial charge in [-0.1, -0.05) is 30.3 Å². The molecule has 1 aliphatic rings. The fourth-order valence-electron chi connectivity index (χ4n) is 3.03. The Balaban J connectivity index is 0.00000288. The number of amides is 1. The standard InChI is InChI=1S/C18H26N2O3.ClH/c1-13-12-15(10-11-19-13)18(22)20-16(8-9-17(21)23-2)14-6-4-3-5-7-14;/h3-7,13,15-16,19H,8-12H2,1-2H3,(H,20,22);1H/t13-,15-,16?;/m0./s1. The molecule has 3 atom stereocenters. The molecular weight excluding hydrogens is 328 g/mol. The molecule has 134 valence electrons. The maximum atomic E-state index is 12.6. The van der Waals surface area contributed by atoms with E-state index in [0.717, 1.165) is 24.9 Å². The summed E-state index contributed by atoms with van der Waals surface area (Å²) in [6, 6.07) is 9.99. The molecule has 1 fully saturated rings. The Hall–Kier alpha value is -1.59. The molecule has 0 bridgehead atoms. The molecular formula is C18H27ClN2O3. The lowest BCUT2D eigenvalue weighted by Crippen LogP contribution is -2.43. The number of hydrogen-bond donors (Lipinski definition) is 2. The lowest BCUT2D eigenvalue weighted by molar-refractivity contribution is -0.141. The predicted molar refractivity (Wildman–Crippen MR) is 96.0 cm³/mol. The maximum Gasteiger partial charge on any atom is 0.305 e. The molecule has 1 heterocycles. The summed E-state index contributed by atoms with van der Waals surface area (Å²) in [7, 11) is 1.38. The van der Waals surface area contributed by atoms with E-state index in [9.17, 15) is 9.59 Å². The summed E-state index contributed by atoms with van der Waals surface area (Å²) in [5.41, 5.74) is 1.02. The molecule has 1 unspecified atom stereocenters. The average Bonchev–Trinajstić information content (AvgIpc) is 2.58. The number of hydrogen-bond acceptors (Lipinski definition) is 4. The molecule has 0 saturated carbocycles. The summed E-state index contributed by atoms with van der Waals surface area (Å²) in [5.74, 6) is -0.136. The van der Waals surface area contributed by atoms with E-state index in [1.54, 1.807) is 0 Å². The maximum absolute atomic E-state index is 12.6. The first-order valence-corrected chi connectivity index (χ1v) is 8.25. The van der Waals surface area contributed by atoms with Crippen LogP contribution in [-0.4, -0.2) is 31.6 Å². The second kappa shape index (κ2) is 10.3. The Morgan fingerprint density at radius 2 is 2.04 bits per heavy atom. The Morgan fingerprint density at radius 1 is 1.33 bits per heavy atom. The van der Waals surface area contributed by atoms with Crippen molar-refractivity contribution in [1.29, 1.82) is 0 Å². The summed E-state index contributed by atoms with van der Waals surface area (Å²) >= 11 is 0. The molecule has 1 aromatic rings. The van der Waals surface area contributed by atoms with Gasteiger partial charge in [-0.3, -0.25) is 9.59 Å². The average molecular weight is 355 g/mol. The highest BCUT2D eigenvalue weighted by Crippen LogP contribution is 2.22. The zero-order valence-electron chi connectivity index (χ0n) is 14.3. The fourth-order valence-corrected chi connectivity index (χ4v) is 3.03. The highest BCUT2D eigenvalue weighted by atomic mass is 35.5. The van der Waals surface area contributed by atoms with Gasteiger partial charge in [0.05, 0.1) is 13.2 Å². The second-order valence-electron chi connectivity index (χ2n) is 6.16. The number of benzene rings is 1. The fraction of sp³-hybridized carbons (Fsp3) is 0.556. The topological polar surface area (TPSA) is 67.4 Å². The van der Waals surface area contributed by atoms with Crippen LogP contribution in [0.2, 0.25) is 0 Å². The molecule has 1 saturated heterocycles. The third kappa shape index (κ3) is 6.13. The first kappa shape index (κ1) is 20.5. The highest BCUT2D eigenvalue weighted by molar-refractivity contribution is 5.85. The van der Waals surface area contributed by atoms with Crippen LogP contribution < -0.4 is 10.6 Å². The molecule has 5 nitrogen and oxygen atoms in total. The van der Waals surface area contributed by atoms with Crippen molar-refractivity contribution in [2.24, 2.45) is 5.92 Å². The molecule has 1 amide bonds. The minimum Gasteiger partial charge on any atom is -0.469 e. The van der Waals surface area contributed by atoms with Crippen LogP contribution in [0.4, 0.5) is 0 Å². The number of rotatable bonds is 6. The van der Waals surface area contributed by atoms with Gasteiger partial charge in [-0.25, -0.2) is 0 Å². The van der Waals surface area contributed by atoms with E-state index in [-0.39, 0.29) is 36.2 Å². The number of esters is 1. The first-order chi connectivity index (χ1) is 11.1. The normalized spacial score (nSPS) is 21.2. The molecule has 2 N–H and O–H groups in total. The number of methoxy groups -OCH3 is 1. The molecule has 2 rings (SSSR count). The van der Waals surface area contributed by atoms with Crippen LogP contribution in [0.15, 0.2) is 30.3 Å². The summed E-state index contributed by atoms with van der Waals surface area (Å²) in [5, 5.41) is 6.49. The monoisotopic (exact) mass is 354 g/mol. The van der Waals surface area contributed by atoms with Gasteiger partial charge in [0, 0.05) is 18.4 Å². The van der Waals surface area contributed by atoms with Crippen molar-refractivity contribution < 1.29 is 14.3 Å². The van der Waals surface area contributed by atoms with Crippen molar-refractivity contribution in [3.63, 3.8) is 0 Å². The Bertz CT molecular complexity index is 524. The van der Waals surface area contributed by atoms with Gasteiger partial charge < -0.3 is 15.4 Å². The zero-order chi connectivity index (χ0) is 16.7. The lowest BCUT2D eigenvalue weighted by Gasteiger charge is -2.29. The molecule has 0 spiro atoms. The van der Waals surface area contributed by atoms with Crippen LogP contribution in [0.25, 0.3) is 0 Å². The summed E-state index contributed by atoms with van der Waals surface area (Å²) < 4.78 is 4.71. The molecule has 24 heavy (non-hydrogen) atoms. The van der Waals surface area contributed by atoms with Gasteiger partial charge in [0.1, 0.15) is 0 Å². The number of carbonyl (C=O) groups is 2. The molecule has 0 aromatic heterocycles. The summed E-state index contributed by atoms with van der Waals surface area (Å²) in [6.45, 7) is 2.97. The Morgan fingerprint density at radius 3 is 2.67 bits per heavy atom. The van der Waals surface area contributed by atoms with Gasteiger partial charge in [0.25, 0.3) is 0 Å². The van der Waals surface area contributed by atoms with Crippen molar-refractivity contribution in [3.8, 4) is 0 Å². The number of carbonyl (C=O) groups excluding carboxylic acids is 2. The van der Waals surface area contributed by atoms with Crippen LogP contribution >= 0.6 is 12.4 Å². The van der Waals surface area contributed by atoms with Gasteiger partial charge in [-0.05, 0) is 38.3 Å². The lowest BCUT2D eigenvalue weighted by atomic mass is 9.91. The van der Waals surface area contributed by atoms with Crippen molar-refractivity contribution >= 4 is 24.3 Å². The van der Waals surface area contributed by atoms with Crippen molar-refractivity contribution in [3.05, 3.63) is 35.9 Å². The van der Waals surface area contributed by atoms with Gasteiger partial charge >= 0.3 is 5.97 Å². The van der Waals surface area contributed by atoms with Crippen LogP contribution in [0, 0.1) is 5.92 Å². The van der Waals surface area contributed by atoms with E-state index in [1.165, 1.54) is 7.11 Å². The SMILES string of the molecule is COC(=O)CCC(NC(=O)[C@H]1CCN[C@@H](C)C1)c1ccccc1.Cl. The molecule has 1 aromatic carbocycles. The second-order valence-corrected chi connectivity index (χ2v) is 6.16. The third-order valence-corrected chi connectivity index (χ3v) is 4.38. The molecule has 6 heteroatoms. The minimum atomic E-state index is -0.254. The number of piperidine rings is 1. The summed E-state index contributed by atoms with van der Waals surface area (Å²) in [6.07, 6.45) is 2.54. The molecule has 1 aliphatic heterocycles. The largest absolute Gasteiger partial charge is 0.469 e. The molecule has 0 radical (unpaired) electrons. The molecule has 0 aliphatic carbocycles.